The van der Waals surface area contributed by atoms with Crippen LogP contribution in [0.1, 0.15) is 13.3 Å². The van der Waals surface area contributed by atoms with Gasteiger partial charge in [-0.25, -0.2) is 0 Å². The molecule has 0 aliphatic carbocycles. The predicted molar refractivity (Wildman–Crippen MR) is 56.1 cm³/mol. The smallest absolute Gasteiger partial charge is 0.239 e. The van der Waals surface area contributed by atoms with Gasteiger partial charge < -0.3 is 10.2 Å². The maximum Gasteiger partial charge on any atom is 0.239 e. The van der Waals surface area contributed by atoms with E-state index in [-0.39, 0.29) is 18.3 Å². The Morgan fingerprint density at radius 1 is 1.57 bits per heavy atom. The van der Waals surface area contributed by atoms with E-state index in [4.69, 9.17) is 5.26 Å². The molecular formula is C9H16ClN3O. The molecule has 1 fully saturated rings. The van der Waals surface area contributed by atoms with Crippen LogP contribution in [0.3, 0.4) is 0 Å². The standard InChI is InChI=1S/C9H15N3O.ClH/c1-2-8(7-10)9(13)12-5-3-11-4-6-12;/h8,11H,2-6H2,1H3;1H. The number of rotatable bonds is 2. The molecule has 0 bridgehead atoms. The van der Waals surface area contributed by atoms with Crippen LogP contribution < -0.4 is 5.32 Å². The molecule has 1 N–H and O–H groups in total. The van der Waals surface area contributed by atoms with E-state index in [0.717, 1.165) is 26.2 Å². The highest BCUT2D eigenvalue weighted by Crippen LogP contribution is 2.07. The van der Waals surface area contributed by atoms with E-state index < -0.39 is 5.92 Å². The van der Waals surface area contributed by atoms with Gasteiger partial charge in [-0.2, -0.15) is 5.26 Å². The number of halogens is 1. The van der Waals surface area contributed by atoms with Gasteiger partial charge in [-0.15, -0.1) is 12.4 Å². The number of nitrogens with zero attached hydrogens (tertiary/aromatic N) is 2. The van der Waals surface area contributed by atoms with E-state index in [1.807, 2.05) is 13.0 Å². The molecule has 0 aromatic heterocycles. The molecule has 1 unspecified atom stereocenters. The Kier molecular flexibility index (Phi) is 6.26. The summed E-state index contributed by atoms with van der Waals surface area (Å²) < 4.78 is 0. The van der Waals surface area contributed by atoms with Gasteiger partial charge in [-0.05, 0) is 6.42 Å². The molecule has 5 heteroatoms. The highest BCUT2D eigenvalue weighted by Gasteiger charge is 2.23. The lowest BCUT2D eigenvalue weighted by Gasteiger charge is -2.28. The van der Waals surface area contributed by atoms with Crippen molar-refractivity contribution in [2.24, 2.45) is 5.92 Å². The van der Waals surface area contributed by atoms with Gasteiger partial charge in [0.05, 0.1) is 6.07 Å². The highest BCUT2D eigenvalue weighted by molar-refractivity contribution is 5.85. The van der Waals surface area contributed by atoms with Crippen LogP contribution in [0.25, 0.3) is 0 Å². The zero-order valence-electron chi connectivity index (χ0n) is 8.32. The summed E-state index contributed by atoms with van der Waals surface area (Å²) in [5, 5.41) is 11.9. The second-order valence-electron chi connectivity index (χ2n) is 3.17. The Balaban J connectivity index is 0.00000169. The van der Waals surface area contributed by atoms with Crippen molar-refractivity contribution in [2.75, 3.05) is 26.2 Å². The topological polar surface area (TPSA) is 56.1 Å². The fourth-order valence-electron chi connectivity index (χ4n) is 1.43. The maximum absolute atomic E-state index is 11.6. The van der Waals surface area contributed by atoms with Crippen molar-refractivity contribution >= 4 is 18.3 Å². The zero-order valence-corrected chi connectivity index (χ0v) is 9.14. The van der Waals surface area contributed by atoms with E-state index >= 15 is 0 Å². The second kappa shape index (κ2) is 6.63. The molecule has 0 radical (unpaired) electrons. The number of hydrogen-bond acceptors (Lipinski definition) is 3. The van der Waals surface area contributed by atoms with Gasteiger partial charge in [0.1, 0.15) is 5.92 Å². The van der Waals surface area contributed by atoms with Gasteiger partial charge in [0.25, 0.3) is 0 Å². The fourth-order valence-corrected chi connectivity index (χ4v) is 1.43. The Bertz CT molecular complexity index is 221. The van der Waals surface area contributed by atoms with Crippen molar-refractivity contribution in [1.82, 2.24) is 10.2 Å². The molecule has 1 saturated heterocycles. The van der Waals surface area contributed by atoms with Gasteiger partial charge in [-0.3, -0.25) is 4.79 Å². The minimum atomic E-state index is -0.446. The van der Waals surface area contributed by atoms with Gasteiger partial charge in [-0.1, -0.05) is 6.92 Å². The summed E-state index contributed by atoms with van der Waals surface area (Å²) in [4.78, 5) is 13.4. The average Bonchev–Trinajstić information content (AvgIpc) is 2.21. The predicted octanol–water partition coefficient (Wildman–Crippen LogP) is 0.390. The van der Waals surface area contributed by atoms with E-state index in [2.05, 4.69) is 5.32 Å². The lowest BCUT2D eigenvalue weighted by Crippen LogP contribution is -2.48. The summed E-state index contributed by atoms with van der Waals surface area (Å²) in [5.41, 5.74) is 0. The van der Waals surface area contributed by atoms with Crippen LogP contribution in [0.5, 0.6) is 0 Å². The molecular weight excluding hydrogens is 202 g/mol. The third kappa shape index (κ3) is 3.17. The number of hydrogen-bond donors (Lipinski definition) is 1. The number of carbonyl (C=O) groups is 1. The van der Waals surface area contributed by atoms with E-state index in [1.165, 1.54) is 0 Å². The minimum absolute atomic E-state index is 0. The average molecular weight is 218 g/mol. The van der Waals surface area contributed by atoms with Crippen molar-refractivity contribution < 1.29 is 4.79 Å². The first-order chi connectivity index (χ1) is 6.29. The normalized spacial score (nSPS) is 17.9. The molecule has 80 valence electrons. The molecule has 1 amide bonds. The summed E-state index contributed by atoms with van der Waals surface area (Å²) in [6.07, 6.45) is 0.610. The van der Waals surface area contributed by atoms with Crippen molar-refractivity contribution in [3.8, 4) is 6.07 Å². The van der Waals surface area contributed by atoms with Gasteiger partial charge in [0.15, 0.2) is 0 Å². The van der Waals surface area contributed by atoms with Crippen molar-refractivity contribution in [2.45, 2.75) is 13.3 Å². The summed E-state index contributed by atoms with van der Waals surface area (Å²) in [6, 6.07) is 2.04. The SMILES string of the molecule is CCC(C#N)C(=O)N1CCNCC1.Cl. The maximum atomic E-state index is 11.6. The number of piperazine rings is 1. The third-order valence-corrected chi connectivity index (χ3v) is 2.29. The molecule has 4 nitrogen and oxygen atoms in total. The Morgan fingerprint density at radius 3 is 2.57 bits per heavy atom. The zero-order chi connectivity index (χ0) is 9.68. The third-order valence-electron chi connectivity index (χ3n) is 2.29. The largest absolute Gasteiger partial charge is 0.339 e. The van der Waals surface area contributed by atoms with E-state index in [0.29, 0.717) is 6.42 Å². The Morgan fingerprint density at radius 2 is 2.14 bits per heavy atom. The van der Waals surface area contributed by atoms with Gasteiger partial charge in [0.2, 0.25) is 5.91 Å². The number of carbonyl (C=O) groups excluding carboxylic acids is 1. The summed E-state index contributed by atoms with van der Waals surface area (Å²) in [5.74, 6) is -0.454. The number of nitrogens with one attached hydrogen (secondary N) is 1. The van der Waals surface area contributed by atoms with Crippen LogP contribution in [-0.2, 0) is 4.79 Å². The molecule has 1 aliphatic rings. The molecule has 0 aromatic rings. The molecule has 1 rings (SSSR count). The molecule has 0 spiro atoms. The minimum Gasteiger partial charge on any atom is -0.339 e. The quantitative estimate of drug-likeness (QED) is 0.728. The van der Waals surface area contributed by atoms with Crippen LogP contribution in [0.15, 0.2) is 0 Å². The molecule has 1 heterocycles. The molecule has 1 atom stereocenters. The molecule has 14 heavy (non-hydrogen) atoms. The second-order valence-corrected chi connectivity index (χ2v) is 3.17. The van der Waals surface area contributed by atoms with Gasteiger partial charge >= 0.3 is 0 Å². The first-order valence-corrected chi connectivity index (χ1v) is 4.68. The number of nitriles is 1. The highest BCUT2D eigenvalue weighted by atomic mass is 35.5. The summed E-state index contributed by atoms with van der Waals surface area (Å²) in [6.45, 7) is 5.02. The Labute approximate surface area is 90.7 Å². The lowest BCUT2D eigenvalue weighted by atomic mass is 10.1. The van der Waals surface area contributed by atoms with Crippen LogP contribution in [-0.4, -0.2) is 37.0 Å². The first kappa shape index (κ1) is 13.2. The lowest BCUT2D eigenvalue weighted by molar-refractivity contribution is -0.134. The molecule has 1 aliphatic heterocycles. The fraction of sp³-hybridized carbons (Fsp3) is 0.778. The van der Waals surface area contributed by atoms with Crippen molar-refractivity contribution in [3.05, 3.63) is 0 Å². The van der Waals surface area contributed by atoms with E-state index in [9.17, 15) is 4.79 Å². The monoisotopic (exact) mass is 217 g/mol. The van der Waals surface area contributed by atoms with Crippen LogP contribution >= 0.6 is 12.4 Å². The first-order valence-electron chi connectivity index (χ1n) is 4.68. The van der Waals surface area contributed by atoms with Crippen molar-refractivity contribution in [3.63, 3.8) is 0 Å². The van der Waals surface area contributed by atoms with Gasteiger partial charge in [0, 0.05) is 26.2 Å². The summed E-state index contributed by atoms with van der Waals surface area (Å²) in [7, 11) is 0. The van der Waals surface area contributed by atoms with E-state index in [1.54, 1.807) is 4.90 Å². The van der Waals surface area contributed by atoms with Crippen LogP contribution in [0, 0.1) is 17.2 Å². The Hall–Kier alpha value is -0.790. The van der Waals surface area contributed by atoms with Crippen LogP contribution in [0.4, 0.5) is 0 Å². The van der Waals surface area contributed by atoms with Crippen molar-refractivity contribution in [1.29, 1.82) is 5.26 Å². The van der Waals surface area contributed by atoms with Crippen LogP contribution in [0.2, 0.25) is 0 Å². The molecule has 0 aromatic carbocycles. The molecule has 0 saturated carbocycles. The summed E-state index contributed by atoms with van der Waals surface area (Å²) >= 11 is 0. The number of amides is 1.